The number of carbonyl (C=O) groups excluding carboxylic acids is 1. The fourth-order valence-corrected chi connectivity index (χ4v) is 6.20. The molecular formula is C22H31NO. The quantitative estimate of drug-likeness (QED) is 0.731. The molecule has 2 saturated carbocycles. The van der Waals surface area contributed by atoms with E-state index in [1.807, 2.05) is 0 Å². The molecule has 0 amide bonds. The molecule has 1 aromatic carbocycles. The first-order valence-corrected chi connectivity index (χ1v) is 9.98. The van der Waals surface area contributed by atoms with Gasteiger partial charge >= 0.3 is 0 Å². The lowest BCUT2D eigenvalue weighted by molar-refractivity contribution is -0.114. The molecule has 4 rings (SSSR count). The third kappa shape index (κ3) is 3.06. The summed E-state index contributed by atoms with van der Waals surface area (Å²) in [5, 5.41) is 0. The summed E-state index contributed by atoms with van der Waals surface area (Å²) in [7, 11) is 0. The van der Waals surface area contributed by atoms with Crippen molar-refractivity contribution in [3.63, 3.8) is 0 Å². The lowest BCUT2D eigenvalue weighted by Crippen LogP contribution is -2.51. The Morgan fingerprint density at radius 1 is 1.04 bits per heavy atom. The number of benzene rings is 1. The molecule has 1 aromatic rings. The van der Waals surface area contributed by atoms with Gasteiger partial charge in [-0.2, -0.15) is 0 Å². The van der Waals surface area contributed by atoms with Crippen LogP contribution in [0.25, 0.3) is 0 Å². The fourth-order valence-electron chi connectivity index (χ4n) is 6.20. The molecule has 2 heteroatoms. The molecule has 3 atom stereocenters. The van der Waals surface area contributed by atoms with Crippen LogP contribution in [0.5, 0.6) is 0 Å². The minimum Gasteiger partial charge on any atom is -0.303 e. The molecule has 0 N–H and O–H groups in total. The maximum Gasteiger partial charge on any atom is 0.123 e. The Morgan fingerprint density at radius 3 is 2.67 bits per heavy atom. The topological polar surface area (TPSA) is 20.3 Å². The molecule has 0 radical (unpaired) electrons. The lowest BCUT2D eigenvalue weighted by Gasteiger charge is -2.53. The van der Waals surface area contributed by atoms with Crippen molar-refractivity contribution in [1.29, 1.82) is 0 Å². The summed E-state index contributed by atoms with van der Waals surface area (Å²) in [5.74, 6) is 0.331. The van der Waals surface area contributed by atoms with Crippen molar-refractivity contribution < 1.29 is 4.79 Å². The van der Waals surface area contributed by atoms with Crippen LogP contribution in [0.3, 0.4) is 0 Å². The van der Waals surface area contributed by atoms with Crippen LogP contribution < -0.4 is 0 Å². The Bertz CT molecular complexity index is 567. The molecule has 3 fully saturated rings. The maximum absolute atomic E-state index is 11.4. The summed E-state index contributed by atoms with van der Waals surface area (Å²) in [4.78, 5) is 14.2. The summed E-state index contributed by atoms with van der Waals surface area (Å²) in [6.45, 7) is 2.36. The molecule has 3 aliphatic rings. The number of carbonyl (C=O) groups is 1. The van der Waals surface area contributed by atoms with E-state index < -0.39 is 0 Å². The van der Waals surface area contributed by atoms with Crippen LogP contribution in [0.1, 0.15) is 69.8 Å². The van der Waals surface area contributed by atoms with E-state index in [1.165, 1.54) is 69.8 Å². The Kier molecular flexibility index (Phi) is 4.51. The molecule has 130 valence electrons. The van der Waals surface area contributed by atoms with E-state index in [1.54, 1.807) is 0 Å². The number of likely N-dealkylation sites (tertiary alicyclic amines) is 1. The first-order valence-electron chi connectivity index (χ1n) is 9.98. The third-order valence-corrected chi connectivity index (χ3v) is 7.18. The Balaban J connectivity index is 1.53. The van der Waals surface area contributed by atoms with Gasteiger partial charge in [-0.1, -0.05) is 43.2 Å². The number of aldehydes is 1. The van der Waals surface area contributed by atoms with Crippen LogP contribution in [-0.2, 0) is 11.3 Å². The molecule has 3 unspecified atom stereocenters. The number of hydrogen-bond acceptors (Lipinski definition) is 2. The van der Waals surface area contributed by atoms with Gasteiger partial charge in [0.05, 0.1) is 0 Å². The molecule has 1 heterocycles. The van der Waals surface area contributed by atoms with Gasteiger partial charge in [0.1, 0.15) is 6.29 Å². The van der Waals surface area contributed by atoms with Gasteiger partial charge in [0.2, 0.25) is 0 Å². The second-order valence-electron chi connectivity index (χ2n) is 8.76. The minimum absolute atomic E-state index is 0.331. The van der Waals surface area contributed by atoms with Crippen molar-refractivity contribution >= 4 is 6.29 Å². The highest BCUT2D eigenvalue weighted by Crippen LogP contribution is 2.56. The monoisotopic (exact) mass is 325 g/mol. The van der Waals surface area contributed by atoms with Crippen molar-refractivity contribution in [2.75, 3.05) is 6.54 Å². The van der Waals surface area contributed by atoms with E-state index in [-0.39, 0.29) is 0 Å². The Morgan fingerprint density at radius 2 is 1.83 bits per heavy atom. The van der Waals surface area contributed by atoms with Crippen molar-refractivity contribution in [3.05, 3.63) is 35.9 Å². The van der Waals surface area contributed by atoms with Crippen LogP contribution in [0.2, 0.25) is 0 Å². The van der Waals surface area contributed by atoms with E-state index in [9.17, 15) is 4.79 Å². The van der Waals surface area contributed by atoms with Gasteiger partial charge in [0.15, 0.2) is 0 Å². The highest BCUT2D eigenvalue weighted by molar-refractivity contribution is 5.53. The normalized spacial score (nSPS) is 37.1. The Labute approximate surface area is 146 Å². The van der Waals surface area contributed by atoms with E-state index in [2.05, 4.69) is 35.2 Å². The highest BCUT2D eigenvalue weighted by Gasteiger charge is 2.50. The second kappa shape index (κ2) is 6.63. The van der Waals surface area contributed by atoms with Gasteiger partial charge in [0, 0.05) is 18.0 Å². The largest absolute Gasteiger partial charge is 0.303 e. The number of hydrogen-bond donors (Lipinski definition) is 0. The summed E-state index contributed by atoms with van der Waals surface area (Å²) in [6, 6.07) is 11.0. The van der Waals surface area contributed by atoms with Gasteiger partial charge in [0.25, 0.3) is 0 Å². The summed E-state index contributed by atoms with van der Waals surface area (Å²) in [5.41, 5.74) is 2.33. The fraction of sp³-hybridized carbons (Fsp3) is 0.682. The minimum atomic E-state index is 0.331. The molecule has 1 aliphatic heterocycles. The predicted molar refractivity (Wildman–Crippen MR) is 97.7 cm³/mol. The van der Waals surface area contributed by atoms with Crippen LogP contribution in [-0.4, -0.2) is 23.3 Å². The van der Waals surface area contributed by atoms with Gasteiger partial charge in [-0.15, -0.1) is 0 Å². The predicted octanol–water partition coefficient (Wildman–Crippen LogP) is 4.97. The van der Waals surface area contributed by atoms with Crippen LogP contribution in [0.15, 0.2) is 30.3 Å². The van der Waals surface area contributed by atoms with Crippen LogP contribution in [0.4, 0.5) is 0 Å². The van der Waals surface area contributed by atoms with E-state index in [4.69, 9.17) is 0 Å². The molecule has 24 heavy (non-hydrogen) atoms. The number of nitrogens with zero attached hydrogens (tertiary/aromatic N) is 1. The standard InChI is InChI=1S/C22H31NO/c24-17-20-9-4-10-21(15-20)11-5-12-22(18-21)13-6-14-23(22)16-19-7-2-1-3-8-19/h1-3,7-8,17,20H,4-6,9-16,18H2. The zero-order chi connectivity index (χ0) is 16.5. The Hall–Kier alpha value is -1.15. The van der Waals surface area contributed by atoms with Gasteiger partial charge in [-0.25, -0.2) is 0 Å². The highest BCUT2D eigenvalue weighted by atomic mass is 16.1. The zero-order valence-electron chi connectivity index (χ0n) is 14.9. The summed E-state index contributed by atoms with van der Waals surface area (Å²) >= 11 is 0. The van der Waals surface area contributed by atoms with Crippen molar-refractivity contribution in [1.82, 2.24) is 4.90 Å². The lowest BCUT2D eigenvalue weighted by atomic mass is 9.57. The SMILES string of the molecule is O=CC1CCCC2(CCCC3(CCCN3Cc3ccccc3)C2)C1. The average Bonchev–Trinajstić information content (AvgIpc) is 2.97. The molecule has 0 bridgehead atoms. The van der Waals surface area contributed by atoms with E-state index >= 15 is 0 Å². The van der Waals surface area contributed by atoms with Gasteiger partial charge in [-0.05, 0) is 68.9 Å². The molecule has 0 aromatic heterocycles. The van der Waals surface area contributed by atoms with Crippen LogP contribution in [0, 0.1) is 11.3 Å². The summed E-state index contributed by atoms with van der Waals surface area (Å²) < 4.78 is 0. The molecular weight excluding hydrogens is 294 g/mol. The van der Waals surface area contributed by atoms with Gasteiger partial charge in [-0.3, -0.25) is 4.90 Å². The zero-order valence-corrected chi connectivity index (χ0v) is 14.9. The first-order chi connectivity index (χ1) is 11.7. The van der Waals surface area contributed by atoms with Crippen LogP contribution >= 0.6 is 0 Å². The van der Waals surface area contributed by atoms with E-state index in [0.717, 1.165) is 19.4 Å². The third-order valence-electron chi connectivity index (χ3n) is 7.18. The van der Waals surface area contributed by atoms with Crippen molar-refractivity contribution in [2.24, 2.45) is 11.3 Å². The van der Waals surface area contributed by atoms with Crippen molar-refractivity contribution in [3.8, 4) is 0 Å². The molecule has 1 saturated heterocycles. The van der Waals surface area contributed by atoms with Crippen molar-refractivity contribution in [2.45, 2.75) is 76.3 Å². The average molecular weight is 325 g/mol. The second-order valence-corrected chi connectivity index (χ2v) is 8.76. The molecule has 2 aliphatic carbocycles. The summed E-state index contributed by atoms with van der Waals surface area (Å²) in [6.07, 6.45) is 14.3. The number of rotatable bonds is 3. The first kappa shape index (κ1) is 16.3. The molecule has 2 spiro atoms. The van der Waals surface area contributed by atoms with Gasteiger partial charge < -0.3 is 4.79 Å². The van der Waals surface area contributed by atoms with E-state index in [0.29, 0.717) is 16.9 Å². The smallest absolute Gasteiger partial charge is 0.123 e. The molecule has 2 nitrogen and oxygen atoms in total. The maximum atomic E-state index is 11.4.